The predicted octanol–water partition coefficient (Wildman–Crippen LogP) is 4.17. The van der Waals surface area contributed by atoms with Gasteiger partial charge in [-0.05, 0) is 44.0 Å². The monoisotopic (exact) mass is 379 g/mol. The van der Waals surface area contributed by atoms with E-state index in [1.165, 1.54) is 0 Å². The number of fused-ring (bicyclic) bond motifs is 1. The van der Waals surface area contributed by atoms with E-state index < -0.39 is 5.97 Å². The molecule has 1 aliphatic heterocycles. The molecule has 0 amide bonds. The minimum absolute atomic E-state index is 0.0165. The number of rotatable bonds is 3. The van der Waals surface area contributed by atoms with Crippen molar-refractivity contribution in [3.05, 3.63) is 45.6 Å². The summed E-state index contributed by atoms with van der Waals surface area (Å²) in [5.41, 5.74) is 4.33. The average molecular weight is 380 g/mol. The Morgan fingerprint density at radius 2 is 2.16 bits per heavy atom. The molecule has 5 nitrogen and oxygen atoms in total. The van der Waals surface area contributed by atoms with E-state index in [4.69, 9.17) is 11.6 Å². The Morgan fingerprint density at radius 3 is 2.80 bits per heavy atom. The number of aliphatic carboxylic acids is 1. The molecule has 3 atom stereocenters. The van der Waals surface area contributed by atoms with E-state index in [2.05, 4.69) is 10.4 Å². The molecule has 1 aromatic carbocycles. The van der Waals surface area contributed by atoms with E-state index in [0.29, 0.717) is 5.02 Å². The molecule has 0 radical (unpaired) electrons. The van der Waals surface area contributed by atoms with Crippen LogP contribution in [-0.2, 0) is 11.8 Å². The Bertz CT molecular complexity index is 821. The molecule has 2 aromatic rings. The second-order valence-electron chi connectivity index (χ2n) is 6.56. The Balaban J connectivity index is 2.13. The third-order valence-corrected chi connectivity index (χ3v) is 6.58. The lowest BCUT2D eigenvalue weighted by atomic mass is 9.99. The molecule has 25 heavy (non-hydrogen) atoms. The number of hydrogen-bond donors (Lipinski definition) is 2. The van der Waals surface area contributed by atoms with Gasteiger partial charge in [0, 0.05) is 28.9 Å². The van der Waals surface area contributed by atoms with Crippen LogP contribution >= 0.6 is 23.4 Å². The van der Waals surface area contributed by atoms with Gasteiger partial charge in [0.05, 0.1) is 17.4 Å². The fourth-order valence-electron chi connectivity index (χ4n) is 3.39. The van der Waals surface area contributed by atoms with Crippen molar-refractivity contribution in [2.75, 3.05) is 5.32 Å². The molecular weight excluding hydrogens is 358 g/mol. The van der Waals surface area contributed by atoms with Crippen LogP contribution in [0.3, 0.4) is 0 Å². The first-order valence-electron chi connectivity index (χ1n) is 8.21. The maximum absolute atomic E-state index is 11.3. The smallest absolute Gasteiger partial charge is 0.304 e. The van der Waals surface area contributed by atoms with E-state index in [9.17, 15) is 9.90 Å². The molecule has 7 heteroatoms. The van der Waals surface area contributed by atoms with Gasteiger partial charge >= 0.3 is 5.97 Å². The Morgan fingerprint density at radius 1 is 1.44 bits per heavy atom. The van der Waals surface area contributed by atoms with Gasteiger partial charge in [0.15, 0.2) is 0 Å². The fourth-order valence-corrected chi connectivity index (χ4v) is 5.34. The maximum Gasteiger partial charge on any atom is 0.304 e. The largest absolute Gasteiger partial charge is 0.481 e. The van der Waals surface area contributed by atoms with Gasteiger partial charge in [-0.25, -0.2) is 0 Å². The molecule has 0 aliphatic carbocycles. The molecule has 0 saturated carbocycles. The molecule has 134 valence electrons. The molecule has 0 fully saturated rings. The molecule has 1 aromatic heterocycles. The lowest BCUT2D eigenvalue weighted by Crippen LogP contribution is -2.30. The highest BCUT2D eigenvalue weighted by molar-refractivity contribution is 8.00. The van der Waals surface area contributed by atoms with Gasteiger partial charge in [-0.2, -0.15) is 5.10 Å². The lowest BCUT2D eigenvalue weighted by Gasteiger charge is -2.24. The minimum Gasteiger partial charge on any atom is -0.481 e. The highest BCUT2D eigenvalue weighted by atomic mass is 35.5. The van der Waals surface area contributed by atoms with E-state index in [-0.39, 0.29) is 23.0 Å². The second-order valence-corrected chi connectivity index (χ2v) is 8.34. The highest BCUT2D eigenvalue weighted by Gasteiger charge is 2.35. The van der Waals surface area contributed by atoms with Crippen molar-refractivity contribution >= 4 is 35.1 Å². The zero-order valence-electron chi connectivity index (χ0n) is 14.7. The van der Waals surface area contributed by atoms with Gasteiger partial charge in [-0.1, -0.05) is 17.7 Å². The SMILES string of the molecule is Cc1cc(Cl)ccc1[C@@H]1S[C@@H](CC(=O)O)[C@@H](C)Nc2c1c(C)nn2C. The topological polar surface area (TPSA) is 67.2 Å². The summed E-state index contributed by atoms with van der Waals surface area (Å²) in [4.78, 5) is 11.3. The first-order valence-corrected chi connectivity index (χ1v) is 9.53. The fraction of sp³-hybridized carbons (Fsp3) is 0.444. The van der Waals surface area contributed by atoms with Crippen LogP contribution < -0.4 is 5.32 Å². The number of thioether (sulfide) groups is 1. The summed E-state index contributed by atoms with van der Waals surface area (Å²) in [6, 6.07) is 5.91. The summed E-state index contributed by atoms with van der Waals surface area (Å²) in [6.07, 6.45) is 0.114. The summed E-state index contributed by atoms with van der Waals surface area (Å²) in [5, 5.41) is 18.1. The summed E-state index contributed by atoms with van der Waals surface area (Å²) >= 11 is 7.82. The van der Waals surface area contributed by atoms with Crippen LogP contribution in [0.25, 0.3) is 0 Å². The van der Waals surface area contributed by atoms with Crippen molar-refractivity contribution in [3.8, 4) is 0 Å². The minimum atomic E-state index is -0.779. The zero-order valence-corrected chi connectivity index (χ0v) is 16.3. The second kappa shape index (κ2) is 6.92. The van der Waals surface area contributed by atoms with Crippen LogP contribution in [0.4, 0.5) is 5.82 Å². The standard InChI is InChI=1S/C18H22ClN3O2S/c1-9-7-12(19)5-6-13(9)17-16-11(3)21-22(4)18(16)20-10(2)14(25-17)8-15(23)24/h5-7,10,14,17,20H,8H2,1-4H3,(H,23,24)/t10-,14+,17+/m1/s1. The van der Waals surface area contributed by atoms with Gasteiger partial charge in [-0.15, -0.1) is 11.8 Å². The number of halogens is 1. The summed E-state index contributed by atoms with van der Waals surface area (Å²) in [6.45, 7) is 6.08. The molecule has 3 rings (SSSR count). The highest BCUT2D eigenvalue weighted by Crippen LogP contribution is 2.48. The molecule has 1 aliphatic rings. The van der Waals surface area contributed by atoms with Crippen LogP contribution in [0, 0.1) is 13.8 Å². The van der Waals surface area contributed by atoms with Gasteiger partial charge in [0.25, 0.3) is 0 Å². The first-order chi connectivity index (χ1) is 11.8. The third kappa shape index (κ3) is 3.51. The number of carbonyl (C=O) groups is 1. The number of carboxylic acids is 1. The van der Waals surface area contributed by atoms with Crippen molar-refractivity contribution in [1.82, 2.24) is 9.78 Å². The first kappa shape index (κ1) is 18.1. The normalized spacial score (nSPS) is 22.8. The molecule has 2 heterocycles. The third-order valence-electron chi connectivity index (χ3n) is 4.65. The number of benzene rings is 1. The van der Waals surface area contributed by atoms with Gasteiger partial charge < -0.3 is 10.4 Å². The summed E-state index contributed by atoms with van der Waals surface area (Å²) in [5.74, 6) is 0.184. The number of hydrogen-bond acceptors (Lipinski definition) is 4. The van der Waals surface area contributed by atoms with Gasteiger partial charge in [-0.3, -0.25) is 9.48 Å². The Kier molecular flexibility index (Phi) is 5.02. The van der Waals surface area contributed by atoms with E-state index >= 15 is 0 Å². The quantitative estimate of drug-likeness (QED) is 0.837. The van der Waals surface area contributed by atoms with Crippen molar-refractivity contribution < 1.29 is 9.90 Å². The summed E-state index contributed by atoms with van der Waals surface area (Å²) < 4.78 is 1.85. The van der Waals surface area contributed by atoms with E-state index in [0.717, 1.165) is 28.2 Å². The molecule has 0 spiro atoms. The van der Waals surface area contributed by atoms with Crippen LogP contribution in [0.5, 0.6) is 0 Å². The number of anilines is 1. The number of aromatic nitrogens is 2. The van der Waals surface area contributed by atoms with Crippen LogP contribution in [0.2, 0.25) is 5.02 Å². The van der Waals surface area contributed by atoms with Gasteiger partial charge in [0.2, 0.25) is 0 Å². The number of carboxylic acid groups (broad SMARTS) is 1. The van der Waals surface area contributed by atoms with Crippen LogP contribution in [0.1, 0.15) is 41.0 Å². The molecule has 0 saturated heterocycles. The molecular formula is C18H22ClN3O2S. The number of aryl methyl sites for hydroxylation is 3. The lowest BCUT2D eigenvalue weighted by molar-refractivity contribution is -0.137. The van der Waals surface area contributed by atoms with Gasteiger partial charge in [0.1, 0.15) is 5.82 Å². The van der Waals surface area contributed by atoms with Crippen LogP contribution in [0.15, 0.2) is 18.2 Å². The average Bonchev–Trinajstić information content (AvgIpc) is 2.69. The van der Waals surface area contributed by atoms with E-state index in [1.807, 2.05) is 50.7 Å². The Labute approximate surface area is 156 Å². The summed E-state index contributed by atoms with van der Waals surface area (Å²) in [7, 11) is 1.92. The van der Waals surface area contributed by atoms with Crippen molar-refractivity contribution in [2.24, 2.45) is 7.05 Å². The molecule has 0 unspecified atom stereocenters. The van der Waals surface area contributed by atoms with Crippen LogP contribution in [-0.4, -0.2) is 32.1 Å². The predicted molar refractivity (Wildman–Crippen MR) is 103 cm³/mol. The number of nitrogens with one attached hydrogen (secondary N) is 1. The molecule has 2 N–H and O–H groups in total. The van der Waals surface area contributed by atoms with Crippen molar-refractivity contribution in [3.63, 3.8) is 0 Å². The zero-order chi connectivity index (χ0) is 18.3. The number of nitrogens with zero attached hydrogens (tertiary/aromatic N) is 2. The van der Waals surface area contributed by atoms with E-state index in [1.54, 1.807) is 11.8 Å². The molecule has 0 bridgehead atoms. The van der Waals surface area contributed by atoms with Crippen molar-refractivity contribution in [2.45, 2.75) is 43.7 Å². The maximum atomic E-state index is 11.3. The Hall–Kier alpha value is -1.66. The van der Waals surface area contributed by atoms with Crippen molar-refractivity contribution in [1.29, 1.82) is 0 Å².